The number of halogens is 1. The number of fused-ring (bicyclic) bond motifs is 1. The second kappa shape index (κ2) is 12.2. The molecule has 3 heterocycles. The van der Waals surface area contributed by atoms with Crippen molar-refractivity contribution in [2.45, 2.75) is 43.2 Å². The summed E-state index contributed by atoms with van der Waals surface area (Å²) in [5.41, 5.74) is 0.438. The number of ether oxygens (including phenoxy) is 1. The highest BCUT2D eigenvalue weighted by molar-refractivity contribution is 7.99. The third kappa shape index (κ3) is 6.29. The Morgan fingerprint density at radius 1 is 1.25 bits per heavy atom. The Morgan fingerprint density at radius 2 is 2.06 bits per heavy atom. The van der Waals surface area contributed by atoms with Gasteiger partial charge in [-0.1, -0.05) is 17.7 Å². The number of carboxylic acids is 1. The second-order valence-electron chi connectivity index (χ2n) is 9.25. The Labute approximate surface area is 220 Å². The lowest BCUT2D eigenvalue weighted by Crippen LogP contribution is -2.44. The van der Waals surface area contributed by atoms with E-state index in [9.17, 15) is 15.0 Å². The molecule has 7 nitrogen and oxygen atoms in total. The molecule has 4 rings (SSSR count). The number of aromatic nitrogens is 2. The number of aliphatic hydroxyl groups excluding tert-OH is 1. The predicted molar refractivity (Wildman–Crippen MR) is 143 cm³/mol. The highest BCUT2D eigenvalue weighted by Crippen LogP contribution is 2.41. The first kappa shape index (κ1) is 26.7. The molecule has 1 aliphatic rings. The van der Waals surface area contributed by atoms with E-state index in [-0.39, 0.29) is 0 Å². The number of hydrogen-bond donors (Lipinski definition) is 2. The number of likely N-dealkylation sites (tertiary alicyclic amines) is 1. The topological polar surface area (TPSA) is 95.8 Å². The normalized spacial score (nSPS) is 16.6. The van der Waals surface area contributed by atoms with Crippen LogP contribution in [0.1, 0.15) is 43.8 Å². The first-order valence-corrected chi connectivity index (χ1v) is 13.6. The molecule has 1 fully saturated rings. The van der Waals surface area contributed by atoms with Crippen molar-refractivity contribution in [2.75, 3.05) is 32.5 Å². The molecule has 1 saturated heterocycles. The number of benzene rings is 1. The molecule has 2 aromatic heterocycles. The standard InChI is InChI=1S/C27H32ClN3O4S/c1-35-19-6-7-22-20(17-19)25(21(28)18-30-22)23(32)8-9-27(26(33)34)10-14-31(15-11-27)13-4-16-36-24-5-2-3-12-29-24/h2-3,5-7,12,17-18,23,32H,4,8-11,13-16H2,1H3,(H,33,34)/t23-/m1/s1. The van der Waals surface area contributed by atoms with Gasteiger partial charge < -0.3 is 19.8 Å². The molecule has 1 atom stereocenters. The summed E-state index contributed by atoms with van der Waals surface area (Å²) in [5.74, 6) is 0.843. The van der Waals surface area contributed by atoms with Crippen LogP contribution in [0, 0.1) is 5.41 Å². The molecule has 9 heteroatoms. The van der Waals surface area contributed by atoms with Gasteiger partial charge in [-0.25, -0.2) is 4.98 Å². The van der Waals surface area contributed by atoms with Crippen LogP contribution in [0.15, 0.2) is 53.8 Å². The number of aliphatic hydroxyl groups is 1. The van der Waals surface area contributed by atoms with Crippen LogP contribution in [0.5, 0.6) is 5.75 Å². The quantitative estimate of drug-likeness (QED) is 0.250. The lowest BCUT2D eigenvalue weighted by Gasteiger charge is -2.39. The number of pyridine rings is 2. The van der Waals surface area contributed by atoms with Crippen molar-refractivity contribution in [1.82, 2.24) is 14.9 Å². The van der Waals surface area contributed by atoms with Gasteiger partial charge >= 0.3 is 5.97 Å². The van der Waals surface area contributed by atoms with Gasteiger partial charge in [0.2, 0.25) is 0 Å². The summed E-state index contributed by atoms with van der Waals surface area (Å²) in [6, 6.07) is 11.4. The number of methoxy groups -OCH3 is 1. The Morgan fingerprint density at radius 3 is 2.75 bits per heavy atom. The molecular weight excluding hydrogens is 498 g/mol. The number of thioether (sulfide) groups is 1. The zero-order valence-corrected chi connectivity index (χ0v) is 22.0. The molecule has 0 bridgehead atoms. The van der Waals surface area contributed by atoms with Crippen molar-refractivity contribution in [3.8, 4) is 5.75 Å². The molecule has 0 unspecified atom stereocenters. The Balaban J connectivity index is 1.34. The lowest BCUT2D eigenvalue weighted by molar-refractivity contribution is -0.153. The van der Waals surface area contributed by atoms with Crippen molar-refractivity contribution in [3.63, 3.8) is 0 Å². The van der Waals surface area contributed by atoms with Gasteiger partial charge in [0.05, 0.1) is 34.2 Å². The first-order chi connectivity index (χ1) is 17.4. The summed E-state index contributed by atoms with van der Waals surface area (Å²) in [4.78, 5) is 23.4. The van der Waals surface area contributed by atoms with Crippen LogP contribution < -0.4 is 4.74 Å². The van der Waals surface area contributed by atoms with Crippen LogP contribution in [-0.2, 0) is 4.79 Å². The Bertz CT molecular complexity index is 1170. The number of piperidine rings is 1. The molecule has 0 spiro atoms. The van der Waals surface area contributed by atoms with E-state index in [0.29, 0.717) is 47.5 Å². The van der Waals surface area contributed by atoms with E-state index in [4.69, 9.17) is 16.3 Å². The van der Waals surface area contributed by atoms with Crippen molar-refractivity contribution in [2.24, 2.45) is 5.41 Å². The van der Waals surface area contributed by atoms with Crippen LogP contribution in [0.4, 0.5) is 0 Å². The molecule has 1 aliphatic heterocycles. The first-order valence-electron chi connectivity index (χ1n) is 12.2. The van der Waals surface area contributed by atoms with Gasteiger partial charge in [-0.3, -0.25) is 9.78 Å². The minimum absolute atomic E-state index is 0.309. The molecule has 2 N–H and O–H groups in total. The van der Waals surface area contributed by atoms with Crippen LogP contribution in [0.25, 0.3) is 10.9 Å². The molecule has 1 aromatic carbocycles. The fourth-order valence-electron chi connectivity index (χ4n) is 4.86. The maximum atomic E-state index is 12.3. The summed E-state index contributed by atoms with van der Waals surface area (Å²) in [6.45, 7) is 2.43. The average molecular weight is 530 g/mol. The van der Waals surface area contributed by atoms with Crippen molar-refractivity contribution < 1.29 is 19.7 Å². The van der Waals surface area contributed by atoms with E-state index in [1.807, 2.05) is 36.4 Å². The van der Waals surface area contributed by atoms with Crippen molar-refractivity contribution >= 4 is 40.2 Å². The van der Waals surface area contributed by atoms with Gasteiger partial charge in [0.25, 0.3) is 0 Å². The van der Waals surface area contributed by atoms with E-state index in [1.165, 1.54) is 6.20 Å². The van der Waals surface area contributed by atoms with E-state index in [2.05, 4.69) is 14.9 Å². The fourth-order valence-corrected chi connectivity index (χ4v) is 5.93. The summed E-state index contributed by atoms with van der Waals surface area (Å²) in [7, 11) is 1.58. The number of carboxylic acid groups (broad SMARTS) is 1. The summed E-state index contributed by atoms with van der Waals surface area (Å²) < 4.78 is 5.33. The average Bonchev–Trinajstić information content (AvgIpc) is 2.90. The van der Waals surface area contributed by atoms with Gasteiger partial charge in [0.15, 0.2) is 0 Å². The van der Waals surface area contributed by atoms with Gasteiger partial charge in [-0.2, -0.15) is 0 Å². The van der Waals surface area contributed by atoms with Crippen molar-refractivity contribution in [1.29, 1.82) is 0 Å². The second-order valence-corrected chi connectivity index (χ2v) is 10.8. The van der Waals surface area contributed by atoms with E-state index < -0.39 is 17.5 Å². The van der Waals surface area contributed by atoms with Gasteiger partial charge in [-0.15, -0.1) is 11.8 Å². The number of hydrogen-bond acceptors (Lipinski definition) is 7. The SMILES string of the molecule is COc1ccc2ncc(Cl)c([C@H](O)CCC3(C(=O)O)CCN(CCCSc4ccccn4)CC3)c2c1. The lowest BCUT2D eigenvalue weighted by atomic mass is 9.74. The molecule has 0 radical (unpaired) electrons. The van der Waals surface area contributed by atoms with E-state index in [1.54, 1.807) is 25.1 Å². The fraction of sp³-hybridized carbons (Fsp3) is 0.444. The monoisotopic (exact) mass is 529 g/mol. The maximum Gasteiger partial charge on any atom is 0.309 e. The maximum absolute atomic E-state index is 12.3. The molecule has 192 valence electrons. The zero-order chi connectivity index (χ0) is 25.5. The molecule has 0 aliphatic carbocycles. The Hall–Kier alpha value is -2.39. The largest absolute Gasteiger partial charge is 0.497 e. The number of nitrogens with zero attached hydrogens (tertiary/aromatic N) is 3. The zero-order valence-electron chi connectivity index (χ0n) is 20.4. The van der Waals surface area contributed by atoms with Gasteiger partial charge in [0.1, 0.15) is 5.75 Å². The van der Waals surface area contributed by atoms with E-state index >= 15 is 0 Å². The molecule has 0 amide bonds. The minimum Gasteiger partial charge on any atom is -0.497 e. The number of carbonyl (C=O) groups is 1. The number of aliphatic carboxylic acids is 1. The predicted octanol–water partition coefficient (Wildman–Crippen LogP) is 5.45. The van der Waals surface area contributed by atoms with Crippen molar-refractivity contribution in [3.05, 3.63) is 59.4 Å². The smallest absolute Gasteiger partial charge is 0.309 e. The van der Waals surface area contributed by atoms with Gasteiger partial charge in [-0.05, 0) is 82.1 Å². The number of rotatable bonds is 11. The molecule has 36 heavy (non-hydrogen) atoms. The van der Waals surface area contributed by atoms with Crippen LogP contribution >= 0.6 is 23.4 Å². The molecule has 3 aromatic rings. The molecular formula is C27H32ClN3O4S. The van der Waals surface area contributed by atoms with E-state index in [0.717, 1.165) is 42.2 Å². The van der Waals surface area contributed by atoms with Crippen LogP contribution in [0.3, 0.4) is 0 Å². The third-order valence-electron chi connectivity index (χ3n) is 7.07. The summed E-state index contributed by atoms with van der Waals surface area (Å²) in [5, 5.41) is 23.4. The molecule has 0 saturated carbocycles. The summed E-state index contributed by atoms with van der Waals surface area (Å²) >= 11 is 8.18. The Kier molecular flexibility index (Phi) is 9.06. The highest BCUT2D eigenvalue weighted by Gasteiger charge is 2.41. The van der Waals surface area contributed by atoms with Crippen LogP contribution in [-0.4, -0.2) is 63.5 Å². The van der Waals surface area contributed by atoms with Gasteiger partial charge in [0, 0.05) is 29.1 Å². The minimum atomic E-state index is -0.895. The third-order valence-corrected chi connectivity index (χ3v) is 8.40. The summed E-state index contributed by atoms with van der Waals surface area (Å²) in [6.07, 6.45) is 5.30. The van der Waals surface area contributed by atoms with Crippen LogP contribution in [0.2, 0.25) is 5.02 Å². The highest BCUT2D eigenvalue weighted by atomic mass is 35.5.